The molecule has 0 heterocycles. The minimum Gasteiger partial charge on any atom is -0.493 e. The van der Waals surface area contributed by atoms with Gasteiger partial charge in [-0.15, -0.1) is 12.4 Å². The first-order valence-electron chi connectivity index (χ1n) is 6.39. The lowest BCUT2D eigenvalue weighted by molar-refractivity contribution is 0.237. The highest BCUT2D eigenvalue weighted by Gasteiger charge is 2.11. The monoisotopic (exact) mass is 289 g/mol. The van der Waals surface area contributed by atoms with Crippen LogP contribution in [0.5, 0.6) is 11.5 Å². The van der Waals surface area contributed by atoms with Crippen molar-refractivity contribution in [3.8, 4) is 11.5 Å². The minimum atomic E-state index is 0. The molecule has 0 bridgehead atoms. The van der Waals surface area contributed by atoms with Crippen molar-refractivity contribution in [1.29, 1.82) is 0 Å². The summed E-state index contributed by atoms with van der Waals surface area (Å²) in [6.45, 7) is 5.40. The molecule has 1 aromatic carbocycles. The maximum atomic E-state index is 9.16. The summed E-state index contributed by atoms with van der Waals surface area (Å²) in [5, 5.41) is 12.5. The van der Waals surface area contributed by atoms with Crippen LogP contribution in [0.1, 0.15) is 25.8 Å². The Labute approximate surface area is 121 Å². The predicted octanol–water partition coefficient (Wildman–Crippen LogP) is 2.38. The van der Waals surface area contributed by atoms with Crippen molar-refractivity contribution in [1.82, 2.24) is 5.32 Å². The molecule has 1 atom stereocenters. The number of benzene rings is 1. The summed E-state index contributed by atoms with van der Waals surface area (Å²) in [6.07, 6.45) is 0.893. The zero-order valence-corrected chi connectivity index (χ0v) is 12.6. The van der Waals surface area contributed by atoms with Gasteiger partial charge >= 0.3 is 0 Å². The van der Waals surface area contributed by atoms with Crippen molar-refractivity contribution in [3.05, 3.63) is 23.8 Å². The van der Waals surface area contributed by atoms with Crippen LogP contribution in [0.2, 0.25) is 0 Å². The second kappa shape index (κ2) is 9.89. The van der Waals surface area contributed by atoms with E-state index in [0.29, 0.717) is 13.2 Å². The molecule has 0 aliphatic heterocycles. The van der Waals surface area contributed by atoms with Gasteiger partial charge in [-0.3, -0.25) is 0 Å². The van der Waals surface area contributed by atoms with E-state index in [1.807, 2.05) is 32.0 Å². The lowest BCUT2D eigenvalue weighted by Crippen LogP contribution is -2.31. The Morgan fingerprint density at radius 1 is 1.32 bits per heavy atom. The Bertz CT molecular complexity index is 357. The van der Waals surface area contributed by atoms with E-state index in [9.17, 15) is 0 Å². The SMILES string of the molecule is CCOc1c(CNC(CC)CO)cccc1OC.Cl. The van der Waals surface area contributed by atoms with Gasteiger partial charge in [-0.05, 0) is 19.4 Å². The molecule has 0 saturated heterocycles. The number of para-hydroxylation sites is 1. The molecule has 19 heavy (non-hydrogen) atoms. The minimum absolute atomic E-state index is 0. The van der Waals surface area contributed by atoms with E-state index >= 15 is 0 Å². The van der Waals surface area contributed by atoms with Crippen molar-refractivity contribution in [3.63, 3.8) is 0 Å². The third-order valence-corrected chi connectivity index (χ3v) is 2.86. The second-order valence-electron chi connectivity index (χ2n) is 4.05. The molecule has 0 aliphatic rings. The number of methoxy groups -OCH3 is 1. The number of halogens is 1. The summed E-state index contributed by atoms with van der Waals surface area (Å²) in [7, 11) is 1.64. The van der Waals surface area contributed by atoms with Crippen molar-refractivity contribution in [2.24, 2.45) is 0 Å². The molecular formula is C14H24ClNO3. The molecule has 0 aliphatic carbocycles. The number of aliphatic hydroxyl groups excluding tert-OH is 1. The number of ether oxygens (including phenoxy) is 2. The number of nitrogens with one attached hydrogen (secondary N) is 1. The van der Waals surface area contributed by atoms with Crippen LogP contribution in [0, 0.1) is 0 Å². The van der Waals surface area contributed by atoms with Crippen LogP contribution < -0.4 is 14.8 Å². The highest BCUT2D eigenvalue weighted by molar-refractivity contribution is 5.85. The van der Waals surface area contributed by atoms with Crippen LogP contribution in [0.4, 0.5) is 0 Å². The Balaban J connectivity index is 0.00000324. The maximum absolute atomic E-state index is 9.16. The molecule has 4 nitrogen and oxygen atoms in total. The topological polar surface area (TPSA) is 50.7 Å². The van der Waals surface area contributed by atoms with Crippen LogP contribution in [0.3, 0.4) is 0 Å². The van der Waals surface area contributed by atoms with E-state index in [1.165, 1.54) is 0 Å². The first-order valence-corrected chi connectivity index (χ1v) is 6.39. The molecule has 2 N–H and O–H groups in total. The summed E-state index contributed by atoms with van der Waals surface area (Å²) in [4.78, 5) is 0. The van der Waals surface area contributed by atoms with Crippen molar-refractivity contribution in [2.75, 3.05) is 20.3 Å². The predicted molar refractivity (Wildman–Crippen MR) is 79.4 cm³/mol. The molecule has 1 unspecified atom stereocenters. The molecule has 1 rings (SSSR count). The van der Waals surface area contributed by atoms with E-state index in [2.05, 4.69) is 5.32 Å². The van der Waals surface area contributed by atoms with E-state index in [1.54, 1.807) is 7.11 Å². The molecular weight excluding hydrogens is 266 g/mol. The fraction of sp³-hybridized carbons (Fsp3) is 0.571. The average Bonchev–Trinajstić information content (AvgIpc) is 2.41. The molecule has 110 valence electrons. The van der Waals surface area contributed by atoms with Gasteiger partial charge in [-0.25, -0.2) is 0 Å². The molecule has 0 saturated carbocycles. The van der Waals surface area contributed by atoms with Crippen molar-refractivity contribution < 1.29 is 14.6 Å². The van der Waals surface area contributed by atoms with Gasteiger partial charge in [0.25, 0.3) is 0 Å². The second-order valence-corrected chi connectivity index (χ2v) is 4.05. The summed E-state index contributed by atoms with van der Waals surface area (Å²) in [5.41, 5.74) is 1.04. The van der Waals surface area contributed by atoms with Gasteiger partial charge in [0, 0.05) is 18.2 Å². The zero-order chi connectivity index (χ0) is 13.4. The van der Waals surface area contributed by atoms with Crippen LogP contribution >= 0.6 is 12.4 Å². The summed E-state index contributed by atoms with van der Waals surface area (Å²) >= 11 is 0. The van der Waals surface area contributed by atoms with Gasteiger partial charge in [-0.2, -0.15) is 0 Å². The van der Waals surface area contributed by atoms with Crippen LogP contribution in [-0.2, 0) is 6.54 Å². The lowest BCUT2D eigenvalue weighted by atomic mass is 10.1. The van der Waals surface area contributed by atoms with Gasteiger partial charge in [0.05, 0.1) is 20.3 Å². The normalized spacial score (nSPS) is 11.6. The number of hydrogen-bond acceptors (Lipinski definition) is 4. The third kappa shape index (κ3) is 5.27. The average molecular weight is 290 g/mol. The number of aliphatic hydroxyl groups is 1. The number of hydrogen-bond donors (Lipinski definition) is 2. The van der Waals surface area contributed by atoms with Gasteiger partial charge in [0.15, 0.2) is 11.5 Å². The molecule has 0 fully saturated rings. The van der Waals surface area contributed by atoms with Crippen LogP contribution in [0.15, 0.2) is 18.2 Å². The Morgan fingerprint density at radius 2 is 2.05 bits per heavy atom. The summed E-state index contributed by atoms with van der Waals surface area (Å²) in [6, 6.07) is 5.95. The molecule has 0 spiro atoms. The Kier molecular flexibility index (Phi) is 9.39. The zero-order valence-electron chi connectivity index (χ0n) is 11.8. The van der Waals surface area contributed by atoms with E-state index in [0.717, 1.165) is 23.5 Å². The fourth-order valence-electron chi connectivity index (χ4n) is 1.76. The Hall–Kier alpha value is -0.970. The van der Waals surface area contributed by atoms with Gasteiger partial charge in [-0.1, -0.05) is 19.1 Å². The fourth-order valence-corrected chi connectivity index (χ4v) is 1.76. The van der Waals surface area contributed by atoms with Gasteiger partial charge in [0.2, 0.25) is 0 Å². The first-order chi connectivity index (χ1) is 8.76. The van der Waals surface area contributed by atoms with E-state index in [4.69, 9.17) is 14.6 Å². The molecule has 0 radical (unpaired) electrons. The first kappa shape index (κ1) is 18.0. The highest BCUT2D eigenvalue weighted by atomic mass is 35.5. The van der Waals surface area contributed by atoms with Gasteiger partial charge in [0.1, 0.15) is 0 Å². The van der Waals surface area contributed by atoms with Crippen LogP contribution in [0.25, 0.3) is 0 Å². The maximum Gasteiger partial charge on any atom is 0.165 e. The van der Waals surface area contributed by atoms with Crippen molar-refractivity contribution in [2.45, 2.75) is 32.9 Å². The summed E-state index contributed by atoms with van der Waals surface area (Å²) in [5.74, 6) is 1.52. The molecule has 0 aromatic heterocycles. The third-order valence-electron chi connectivity index (χ3n) is 2.86. The van der Waals surface area contributed by atoms with Crippen molar-refractivity contribution >= 4 is 12.4 Å². The van der Waals surface area contributed by atoms with E-state index < -0.39 is 0 Å². The van der Waals surface area contributed by atoms with Gasteiger partial charge < -0.3 is 19.9 Å². The quantitative estimate of drug-likeness (QED) is 0.771. The standard InChI is InChI=1S/C14H23NO3.ClH/c1-4-12(10-16)15-9-11-7-6-8-13(17-3)14(11)18-5-2;/h6-8,12,15-16H,4-5,9-10H2,1-3H3;1H. The number of rotatable bonds is 8. The smallest absolute Gasteiger partial charge is 0.165 e. The summed E-state index contributed by atoms with van der Waals surface area (Å²) < 4.78 is 10.9. The lowest BCUT2D eigenvalue weighted by Gasteiger charge is -2.17. The molecule has 1 aromatic rings. The Morgan fingerprint density at radius 3 is 2.58 bits per heavy atom. The largest absolute Gasteiger partial charge is 0.493 e. The molecule has 0 amide bonds. The van der Waals surface area contributed by atoms with Crippen LogP contribution in [-0.4, -0.2) is 31.5 Å². The molecule has 5 heteroatoms. The van der Waals surface area contributed by atoms with E-state index in [-0.39, 0.29) is 25.1 Å². The highest BCUT2D eigenvalue weighted by Crippen LogP contribution is 2.31.